The number of unbranched alkanes of at least 4 members (excludes halogenated alkanes) is 1. The van der Waals surface area contributed by atoms with Gasteiger partial charge in [0, 0.05) is 38.8 Å². The first-order valence-electron chi connectivity index (χ1n) is 12.2. The molecule has 2 heterocycles. The summed E-state index contributed by atoms with van der Waals surface area (Å²) in [7, 11) is 0. The minimum absolute atomic E-state index is 0.0922. The Balaban J connectivity index is 0.000000531. The summed E-state index contributed by atoms with van der Waals surface area (Å²) in [5.41, 5.74) is 11.8. The SMILES string of the molecule is CCCC.Cc1ccc2c(c1)C(=C1CCC1)c1cc3[nH]c4ccc(C)cc4c(=O)c3cc1N2. The summed E-state index contributed by atoms with van der Waals surface area (Å²) in [6.07, 6.45) is 6.22. The van der Waals surface area contributed by atoms with E-state index in [0.29, 0.717) is 0 Å². The fraction of sp³-hybridized carbons (Fsp3) is 0.300. The molecule has 0 saturated heterocycles. The van der Waals surface area contributed by atoms with Crippen LogP contribution in [0.3, 0.4) is 0 Å². The van der Waals surface area contributed by atoms with Crippen molar-refractivity contribution in [3.8, 4) is 0 Å². The molecule has 3 nitrogen and oxygen atoms in total. The second kappa shape index (κ2) is 8.55. The van der Waals surface area contributed by atoms with E-state index in [1.54, 1.807) is 0 Å². The van der Waals surface area contributed by atoms with E-state index in [9.17, 15) is 4.79 Å². The summed E-state index contributed by atoms with van der Waals surface area (Å²) in [4.78, 5) is 16.7. The predicted octanol–water partition coefficient (Wildman–Crippen LogP) is 8.15. The largest absolute Gasteiger partial charge is 0.354 e. The first-order valence-corrected chi connectivity index (χ1v) is 12.2. The Morgan fingerprint density at radius 3 is 2.12 bits per heavy atom. The van der Waals surface area contributed by atoms with Crippen molar-refractivity contribution in [1.29, 1.82) is 0 Å². The molecule has 0 unspecified atom stereocenters. The molecule has 1 fully saturated rings. The van der Waals surface area contributed by atoms with Gasteiger partial charge in [-0.1, -0.05) is 55.5 Å². The van der Waals surface area contributed by atoms with E-state index in [-0.39, 0.29) is 5.43 Å². The van der Waals surface area contributed by atoms with Crippen LogP contribution in [0.4, 0.5) is 11.4 Å². The quantitative estimate of drug-likeness (QED) is 0.260. The normalized spacial score (nSPS) is 14.2. The molecule has 2 N–H and O–H groups in total. The van der Waals surface area contributed by atoms with Crippen LogP contribution in [-0.2, 0) is 0 Å². The molecule has 0 spiro atoms. The van der Waals surface area contributed by atoms with E-state index in [2.05, 4.69) is 55.3 Å². The van der Waals surface area contributed by atoms with Crippen LogP contribution in [0.5, 0.6) is 0 Å². The van der Waals surface area contributed by atoms with E-state index in [1.807, 2.05) is 31.2 Å². The number of nitrogens with one attached hydrogen (secondary N) is 2. The Hall–Kier alpha value is -3.33. The van der Waals surface area contributed by atoms with Crippen molar-refractivity contribution in [1.82, 2.24) is 4.98 Å². The minimum atomic E-state index is 0.0922. The third kappa shape index (κ3) is 3.76. The molecule has 2 aliphatic rings. The van der Waals surface area contributed by atoms with Crippen molar-refractivity contribution < 1.29 is 0 Å². The number of H-pyrrole nitrogens is 1. The van der Waals surface area contributed by atoms with Gasteiger partial charge in [-0.2, -0.15) is 0 Å². The zero-order valence-corrected chi connectivity index (χ0v) is 20.1. The summed E-state index contributed by atoms with van der Waals surface area (Å²) >= 11 is 0. The summed E-state index contributed by atoms with van der Waals surface area (Å²) in [6, 6.07) is 16.8. The van der Waals surface area contributed by atoms with Crippen LogP contribution in [0.15, 0.2) is 58.9 Å². The number of aryl methyl sites for hydroxylation is 2. The summed E-state index contributed by atoms with van der Waals surface area (Å²) in [5, 5.41) is 5.08. The van der Waals surface area contributed by atoms with E-state index >= 15 is 0 Å². The zero-order valence-electron chi connectivity index (χ0n) is 20.1. The second-order valence-electron chi connectivity index (χ2n) is 9.45. The van der Waals surface area contributed by atoms with E-state index in [1.165, 1.54) is 47.1 Å². The second-order valence-corrected chi connectivity index (χ2v) is 9.45. The van der Waals surface area contributed by atoms with E-state index in [0.717, 1.165) is 51.6 Å². The van der Waals surface area contributed by atoms with Gasteiger partial charge < -0.3 is 10.3 Å². The number of fused-ring (bicyclic) bond motifs is 4. The Morgan fingerprint density at radius 1 is 0.758 bits per heavy atom. The smallest absolute Gasteiger partial charge is 0.197 e. The Morgan fingerprint density at radius 2 is 1.42 bits per heavy atom. The van der Waals surface area contributed by atoms with Gasteiger partial charge >= 0.3 is 0 Å². The topological polar surface area (TPSA) is 44.9 Å². The lowest BCUT2D eigenvalue weighted by Gasteiger charge is -2.30. The number of hydrogen-bond donors (Lipinski definition) is 2. The molecule has 1 aromatic heterocycles. The van der Waals surface area contributed by atoms with Gasteiger partial charge in [-0.15, -0.1) is 0 Å². The molecule has 0 radical (unpaired) electrons. The van der Waals surface area contributed by atoms with Gasteiger partial charge in [0.05, 0.1) is 5.52 Å². The first kappa shape index (κ1) is 21.5. The Labute approximate surface area is 195 Å². The van der Waals surface area contributed by atoms with Gasteiger partial charge in [0.15, 0.2) is 5.43 Å². The number of aromatic nitrogens is 1. The van der Waals surface area contributed by atoms with Gasteiger partial charge in [0.1, 0.15) is 0 Å². The van der Waals surface area contributed by atoms with E-state index < -0.39 is 0 Å². The lowest BCUT2D eigenvalue weighted by Crippen LogP contribution is -2.13. The molecule has 0 bridgehead atoms. The molecule has 3 heteroatoms. The van der Waals surface area contributed by atoms with Crippen LogP contribution < -0.4 is 10.7 Å². The molecule has 6 rings (SSSR count). The molecule has 3 aromatic carbocycles. The average Bonchev–Trinajstić information content (AvgIpc) is 2.78. The summed E-state index contributed by atoms with van der Waals surface area (Å²) < 4.78 is 0. The molecular formula is C30H32N2O. The maximum Gasteiger partial charge on any atom is 0.197 e. The highest BCUT2D eigenvalue weighted by atomic mass is 16.1. The molecule has 168 valence electrons. The van der Waals surface area contributed by atoms with Crippen molar-refractivity contribution in [2.24, 2.45) is 0 Å². The van der Waals surface area contributed by atoms with Gasteiger partial charge in [0.25, 0.3) is 0 Å². The lowest BCUT2D eigenvalue weighted by molar-refractivity contribution is 0.666. The van der Waals surface area contributed by atoms with Crippen LogP contribution in [0, 0.1) is 13.8 Å². The maximum absolute atomic E-state index is 13.2. The van der Waals surface area contributed by atoms with Gasteiger partial charge in [-0.25, -0.2) is 0 Å². The molecular weight excluding hydrogens is 404 g/mol. The minimum Gasteiger partial charge on any atom is -0.354 e. The van der Waals surface area contributed by atoms with Crippen molar-refractivity contribution >= 4 is 38.8 Å². The van der Waals surface area contributed by atoms with Crippen LogP contribution >= 0.6 is 0 Å². The monoisotopic (exact) mass is 436 g/mol. The highest BCUT2D eigenvalue weighted by Gasteiger charge is 2.26. The predicted molar refractivity (Wildman–Crippen MR) is 142 cm³/mol. The molecule has 0 atom stereocenters. The van der Waals surface area contributed by atoms with Crippen molar-refractivity contribution in [3.63, 3.8) is 0 Å². The fourth-order valence-electron chi connectivity index (χ4n) is 4.69. The zero-order chi connectivity index (χ0) is 23.1. The number of benzene rings is 3. The summed E-state index contributed by atoms with van der Waals surface area (Å²) in [5.74, 6) is 0. The number of rotatable bonds is 1. The molecule has 4 aromatic rings. The molecule has 0 amide bonds. The fourth-order valence-corrected chi connectivity index (χ4v) is 4.69. The number of anilines is 2. The highest BCUT2D eigenvalue weighted by Crippen LogP contribution is 2.47. The average molecular weight is 437 g/mol. The highest BCUT2D eigenvalue weighted by molar-refractivity contribution is 6.04. The van der Waals surface area contributed by atoms with Crippen molar-refractivity contribution in [2.75, 3.05) is 5.32 Å². The summed E-state index contributed by atoms with van der Waals surface area (Å²) in [6.45, 7) is 8.53. The number of aromatic amines is 1. The third-order valence-corrected chi connectivity index (χ3v) is 6.89. The lowest BCUT2D eigenvalue weighted by atomic mass is 9.79. The standard InChI is InChI=1S/C26H22N2O.C4H10/c1-14-6-8-21-17(10-14)25(16-4-3-5-16)18-12-24-20(13-23(18)27-21)26(29)19-11-15(2)7-9-22(19)28-24;1-3-4-2/h6-13,27H,3-5H2,1-2H3,(H,28,29);3-4H2,1-2H3. The molecule has 1 aliphatic heterocycles. The molecule has 1 saturated carbocycles. The number of pyridine rings is 1. The molecule has 33 heavy (non-hydrogen) atoms. The van der Waals surface area contributed by atoms with Crippen molar-refractivity contribution in [3.05, 3.63) is 86.6 Å². The van der Waals surface area contributed by atoms with Crippen LogP contribution in [0.25, 0.3) is 27.4 Å². The third-order valence-electron chi connectivity index (χ3n) is 6.89. The van der Waals surface area contributed by atoms with Gasteiger partial charge in [-0.05, 0) is 75.1 Å². The number of allylic oxidation sites excluding steroid dienone is 1. The Kier molecular flexibility index (Phi) is 5.57. The van der Waals surface area contributed by atoms with Crippen LogP contribution in [0.1, 0.15) is 68.2 Å². The molecule has 1 aliphatic carbocycles. The Bertz CT molecular complexity index is 1460. The maximum atomic E-state index is 13.2. The van der Waals surface area contributed by atoms with Gasteiger partial charge in [0.2, 0.25) is 0 Å². The van der Waals surface area contributed by atoms with Gasteiger partial charge in [-0.3, -0.25) is 4.79 Å². The van der Waals surface area contributed by atoms with E-state index in [4.69, 9.17) is 0 Å². The first-order chi connectivity index (χ1) is 16.0. The number of hydrogen-bond acceptors (Lipinski definition) is 2. The van der Waals surface area contributed by atoms with Crippen LogP contribution in [0.2, 0.25) is 0 Å². The van der Waals surface area contributed by atoms with Crippen LogP contribution in [-0.4, -0.2) is 4.98 Å². The van der Waals surface area contributed by atoms with Crippen molar-refractivity contribution in [2.45, 2.75) is 59.8 Å².